The van der Waals surface area contributed by atoms with Gasteiger partial charge in [0.1, 0.15) is 16.5 Å². The molecule has 0 bridgehead atoms. The SMILES string of the molecule is Cc1ccc(S(N)(=O)=O)c(NC(=O)CSc2nc(-c3ccccc3)c(C#N)c(=O)[nH]2)c1. The summed E-state index contributed by atoms with van der Waals surface area (Å²) in [5, 5.41) is 17.2. The fourth-order valence-corrected chi connectivity index (χ4v) is 4.07. The molecule has 31 heavy (non-hydrogen) atoms. The number of nitriles is 1. The fourth-order valence-electron chi connectivity index (χ4n) is 2.74. The molecule has 1 amide bonds. The third-order valence-electron chi connectivity index (χ3n) is 4.11. The Morgan fingerprint density at radius 3 is 2.61 bits per heavy atom. The Balaban J connectivity index is 1.82. The number of H-pyrrole nitrogens is 1. The third kappa shape index (κ3) is 5.37. The van der Waals surface area contributed by atoms with Crippen LogP contribution in [0, 0.1) is 18.3 Å². The summed E-state index contributed by atoms with van der Waals surface area (Å²) in [5.74, 6) is -0.685. The minimum absolute atomic E-state index is 0.0688. The highest BCUT2D eigenvalue weighted by molar-refractivity contribution is 7.99. The molecule has 9 nitrogen and oxygen atoms in total. The van der Waals surface area contributed by atoms with Gasteiger partial charge >= 0.3 is 0 Å². The van der Waals surface area contributed by atoms with Crippen molar-refractivity contribution >= 4 is 33.4 Å². The molecule has 0 saturated carbocycles. The number of benzene rings is 2. The molecule has 0 aliphatic carbocycles. The second-order valence-electron chi connectivity index (χ2n) is 6.45. The minimum atomic E-state index is -4.02. The van der Waals surface area contributed by atoms with E-state index >= 15 is 0 Å². The molecule has 0 atom stereocenters. The highest BCUT2D eigenvalue weighted by Gasteiger charge is 2.17. The predicted molar refractivity (Wildman–Crippen MR) is 117 cm³/mol. The van der Waals surface area contributed by atoms with Crippen molar-refractivity contribution in [3.05, 3.63) is 70.0 Å². The molecule has 4 N–H and O–H groups in total. The lowest BCUT2D eigenvalue weighted by Crippen LogP contribution is -2.20. The summed E-state index contributed by atoms with van der Waals surface area (Å²) in [6.45, 7) is 1.74. The van der Waals surface area contributed by atoms with Gasteiger partial charge in [0.25, 0.3) is 5.56 Å². The van der Waals surface area contributed by atoms with E-state index in [-0.39, 0.29) is 32.7 Å². The highest BCUT2D eigenvalue weighted by Crippen LogP contribution is 2.24. The van der Waals surface area contributed by atoms with Crippen molar-refractivity contribution in [1.29, 1.82) is 5.26 Å². The van der Waals surface area contributed by atoms with Crippen LogP contribution in [0.25, 0.3) is 11.3 Å². The largest absolute Gasteiger partial charge is 0.324 e. The predicted octanol–water partition coefficient (Wildman–Crippen LogP) is 2.00. The molecule has 1 aromatic heterocycles. The lowest BCUT2D eigenvalue weighted by Gasteiger charge is -2.11. The van der Waals surface area contributed by atoms with E-state index in [2.05, 4.69) is 15.3 Å². The number of nitrogens with one attached hydrogen (secondary N) is 2. The average Bonchev–Trinajstić information content (AvgIpc) is 2.71. The van der Waals surface area contributed by atoms with E-state index in [0.717, 1.165) is 17.3 Å². The molecule has 0 aliphatic rings. The van der Waals surface area contributed by atoms with Gasteiger partial charge in [0, 0.05) is 5.56 Å². The van der Waals surface area contributed by atoms with Crippen LogP contribution in [0.5, 0.6) is 0 Å². The lowest BCUT2D eigenvalue weighted by molar-refractivity contribution is -0.113. The van der Waals surface area contributed by atoms with Crippen molar-refractivity contribution in [1.82, 2.24) is 9.97 Å². The van der Waals surface area contributed by atoms with Gasteiger partial charge in [-0.25, -0.2) is 18.5 Å². The number of primary sulfonamides is 1. The monoisotopic (exact) mass is 455 g/mol. The van der Waals surface area contributed by atoms with E-state index in [9.17, 15) is 23.3 Å². The first-order valence-electron chi connectivity index (χ1n) is 8.85. The number of anilines is 1. The van der Waals surface area contributed by atoms with Crippen LogP contribution in [-0.2, 0) is 14.8 Å². The molecule has 2 aromatic carbocycles. The quantitative estimate of drug-likeness (QED) is 0.378. The summed E-state index contributed by atoms with van der Waals surface area (Å²) >= 11 is 0.939. The molecule has 0 unspecified atom stereocenters. The maximum Gasteiger partial charge on any atom is 0.270 e. The molecule has 3 aromatic rings. The van der Waals surface area contributed by atoms with E-state index in [0.29, 0.717) is 5.56 Å². The smallest absolute Gasteiger partial charge is 0.270 e. The molecule has 1 heterocycles. The molecule has 0 fully saturated rings. The highest BCUT2D eigenvalue weighted by atomic mass is 32.2. The maximum atomic E-state index is 12.4. The number of thioether (sulfide) groups is 1. The van der Waals surface area contributed by atoms with Crippen LogP contribution in [-0.4, -0.2) is 30.0 Å². The van der Waals surface area contributed by atoms with Gasteiger partial charge in [-0.1, -0.05) is 48.2 Å². The van der Waals surface area contributed by atoms with Crippen molar-refractivity contribution in [2.24, 2.45) is 5.14 Å². The number of hydrogen-bond acceptors (Lipinski definition) is 7. The van der Waals surface area contributed by atoms with E-state index in [1.165, 1.54) is 12.1 Å². The van der Waals surface area contributed by atoms with Gasteiger partial charge < -0.3 is 10.3 Å². The molecular weight excluding hydrogens is 438 g/mol. The van der Waals surface area contributed by atoms with Gasteiger partial charge in [-0.05, 0) is 24.6 Å². The lowest BCUT2D eigenvalue weighted by atomic mass is 10.1. The Hall–Kier alpha value is -3.46. The van der Waals surface area contributed by atoms with Crippen LogP contribution >= 0.6 is 11.8 Å². The van der Waals surface area contributed by atoms with Gasteiger partial charge in [-0.2, -0.15) is 5.26 Å². The molecule has 158 valence electrons. The van der Waals surface area contributed by atoms with Crippen molar-refractivity contribution in [3.63, 3.8) is 0 Å². The maximum absolute atomic E-state index is 12.4. The zero-order valence-electron chi connectivity index (χ0n) is 16.2. The molecule has 0 spiro atoms. The Morgan fingerprint density at radius 2 is 1.97 bits per heavy atom. The number of aromatic amines is 1. The normalized spacial score (nSPS) is 11.0. The summed E-state index contributed by atoms with van der Waals surface area (Å²) < 4.78 is 23.5. The summed E-state index contributed by atoms with van der Waals surface area (Å²) in [7, 11) is -4.02. The number of aromatic nitrogens is 2. The number of carbonyl (C=O) groups is 1. The topological polar surface area (TPSA) is 159 Å². The van der Waals surface area contributed by atoms with Crippen LogP contribution in [0.3, 0.4) is 0 Å². The van der Waals surface area contributed by atoms with E-state index in [4.69, 9.17) is 5.14 Å². The van der Waals surface area contributed by atoms with E-state index in [1.807, 2.05) is 6.07 Å². The van der Waals surface area contributed by atoms with Crippen molar-refractivity contribution in [2.75, 3.05) is 11.1 Å². The van der Waals surface area contributed by atoms with Crippen molar-refractivity contribution in [2.45, 2.75) is 17.0 Å². The van der Waals surface area contributed by atoms with Gasteiger partial charge in [0.15, 0.2) is 5.16 Å². The fraction of sp³-hybridized carbons (Fsp3) is 0.100. The molecule has 0 radical (unpaired) electrons. The van der Waals surface area contributed by atoms with Gasteiger partial charge in [-0.3, -0.25) is 9.59 Å². The number of carbonyl (C=O) groups excluding carboxylic acids is 1. The number of nitrogens with zero attached hydrogens (tertiary/aromatic N) is 2. The van der Waals surface area contributed by atoms with Gasteiger partial charge in [0.05, 0.1) is 17.1 Å². The average molecular weight is 456 g/mol. The van der Waals surface area contributed by atoms with Crippen LogP contribution in [0.1, 0.15) is 11.1 Å². The van der Waals surface area contributed by atoms with E-state index in [1.54, 1.807) is 43.3 Å². The van der Waals surface area contributed by atoms with Crippen LogP contribution in [0.2, 0.25) is 0 Å². The second kappa shape index (κ2) is 9.13. The number of aryl methyl sites for hydroxylation is 1. The van der Waals surface area contributed by atoms with Crippen LogP contribution in [0.4, 0.5) is 5.69 Å². The Morgan fingerprint density at radius 1 is 1.26 bits per heavy atom. The summed E-state index contributed by atoms with van der Waals surface area (Å²) in [6.07, 6.45) is 0. The standard InChI is InChI=1S/C20H17N5O4S2/c1-12-7-8-16(31(22,28)29)15(9-12)23-17(26)11-30-20-24-18(13-5-3-2-4-6-13)14(10-21)19(27)25-20/h2-9H,11H2,1H3,(H,23,26)(H2,22,28,29)(H,24,25,27). The molecule has 11 heteroatoms. The summed E-state index contributed by atoms with van der Waals surface area (Å²) in [4.78, 5) is 31.3. The zero-order chi connectivity index (χ0) is 22.6. The summed E-state index contributed by atoms with van der Waals surface area (Å²) in [5.41, 5.74) is 0.867. The first-order chi connectivity index (χ1) is 14.7. The first-order valence-corrected chi connectivity index (χ1v) is 11.4. The van der Waals surface area contributed by atoms with Crippen LogP contribution in [0.15, 0.2) is 63.4 Å². The third-order valence-corrected chi connectivity index (χ3v) is 5.95. The Bertz CT molecular complexity index is 1350. The number of hydrogen-bond donors (Lipinski definition) is 3. The molecule has 0 saturated heterocycles. The zero-order valence-corrected chi connectivity index (χ0v) is 17.9. The minimum Gasteiger partial charge on any atom is -0.324 e. The first kappa shape index (κ1) is 22.2. The van der Waals surface area contributed by atoms with E-state index < -0.39 is 21.5 Å². The number of sulfonamides is 1. The second-order valence-corrected chi connectivity index (χ2v) is 8.95. The van der Waals surface area contributed by atoms with Crippen molar-refractivity contribution in [3.8, 4) is 17.3 Å². The number of nitrogens with two attached hydrogens (primary N) is 1. The molecular formula is C20H17N5O4S2. The number of rotatable bonds is 6. The molecule has 0 aliphatic heterocycles. The molecule has 3 rings (SSSR count). The van der Waals surface area contributed by atoms with Crippen molar-refractivity contribution < 1.29 is 13.2 Å². The Labute approximate surface area is 182 Å². The van der Waals surface area contributed by atoms with Gasteiger partial charge in [0.2, 0.25) is 15.9 Å². The van der Waals surface area contributed by atoms with Crippen LogP contribution < -0.4 is 16.0 Å². The number of amides is 1. The Kier molecular flexibility index (Phi) is 6.55. The summed E-state index contributed by atoms with van der Waals surface area (Å²) in [6, 6.07) is 15.0. The van der Waals surface area contributed by atoms with Gasteiger partial charge in [-0.15, -0.1) is 0 Å².